The van der Waals surface area contributed by atoms with Crippen molar-refractivity contribution in [3.63, 3.8) is 0 Å². The number of alkyl carbamates (subject to hydrolysis) is 1. The average Bonchev–Trinajstić information content (AvgIpc) is 2.23. The summed E-state index contributed by atoms with van der Waals surface area (Å²) in [5, 5.41) is 2.62. The van der Waals surface area contributed by atoms with Gasteiger partial charge in [0.2, 0.25) is 0 Å². The number of allylic oxidation sites excluding steroid dienone is 1. The molecule has 0 fully saturated rings. The minimum atomic E-state index is -0.524. The Balaban J connectivity index is 4.04. The second-order valence-corrected chi connectivity index (χ2v) is 5.47. The van der Waals surface area contributed by atoms with E-state index >= 15 is 0 Å². The molecule has 0 spiro atoms. The van der Waals surface area contributed by atoms with Gasteiger partial charge in [-0.05, 0) is 31.6 Å². The van der Waals surface area contributed by atoms with Gasteiger partial charge >= 0.3 is 6.09 Å². The number of amides is 1. The van der Waals surface area contributed by atoms with Crippen LogP contribution in [0.3, 0.4) is 0 Å². The summed E-state index contributed by atoms with van der Waals surface area (Å²) in [6.07, 6.45) is 3.99. The van der Waals surface area contributed by atoms with Gasteiger partial charge in [0.05, 0.1) is 12.6 Å². The summed E-state index contributed by atoms with van der Waals surface area (Å²) in [4.78, 5) is 23.0. The zero-order valence-electron chi connectivity index (χ0n) is 11.9. The van der Waals surface area contributed by atoms with Crippen LogP contribution in [0, 0.1) is 5.41 Å². The van der Waals surface area contributed by atoms with Crippen LogP contribution in [-0.2, 0) is 9.53 Å². The maximum absolute atomic E-state index is 11.5. The number of carbonyl (C=O) groups is 2. The number of hydrogen-bond acceptors (Lipinski definition) is 3. The third kappa shape index (κ3) is 7.09. The highest BCUT2D eigenvalue weighted by Gasteiger charge is 2.30. The second kappa shape index (κ2) is 7.90. The molecule has 0 aliphatic carbocycles. The monoisotopic (exact) mass is 255 g/mol. The topological polar surface area (TPSA) is 55.4 Å². The van der Waals surface area contributed by atoms with Gasteiger partial charge in [-0.3, -0.25) is 4.79 Å². The van der Waals surface area contributed by atoms with Crippen LogP contribution in [0.1, 0.15) is 47.0 Å². The van der Waals surface area contributed by atoms with E-state index in [-0.39, 0.29) is 11.2 Å². The molecule has 0 bridgehead atoms. The van der Waals surface area contributed by atoms with Gasteiger partial charge in [0.15, 0.2) is 5.78 Å². The third-order valence-corrected chi connectivity index (χ3v) is 2.57. The van der Waals surface area contributed by atoms with Crippen molar-refractivity contribution in [2.75, 3.05) is 6.61 Å². The third-order valence-electron chi connectivity index (χ3n) is 2.57. The lowest BCUT2D eigenvalue weighted by Crippen LogP contribution is -2.48. The number of rotatable bonds is 7. The van der Waals surface area contributed by atoms with Gasteiger partial charge in [0.1, 0.15) is 0 Å². The lowest BCUT2D eigenvalue weighted by Gasteiger charge is -2.28. The van der Waals surface area contributed by atoms with E-state index in [0.29, 0.717) is 6.61 Å². The second-order valence-electron chi connectivity index (χ2n) is 5.47. The molecule has 0 heterocycles. The van der Waals surface area contributed by atoms with Crippen molar-refractivity contribution in [1.29, 1.82) is 0 Å². The van der Waals surface area contributed by atoms with Gasteiger partial charge in [-0.2, -0.15) is 0 Å². The van der Waals surface area contributed by atoms with E-state index in [1.807, 2.05) is 26.8 Å². The van der Waals surface area contributed by atoms with Crippen molar-refractivity contribution in [2.45, 2.75) is 53.0 Å². The van der Waals surface area contributed by atoms with E-state index < -0.39 is 12.1 Å². The molecule has 0 aliphatic rings. The summed E-state index contributed by atoms with van der Waals surface area (Å²) in [5.41, 5.74) is -0.312. The first-order valence-corrected chi connectivity index (χ1v) is 6.33. The predicted molar refractivity (Wildman–Crippen MR) is 72.5 cm³/mol. The molecule has 0 saturated heterocycles. The lowest BCUT2D eigenvalue weighted by molar-refractivity contribution is -0.121. The standard InChI is InChI=1S/C14H25NO3/c1-6-7-8-9-10-18-13(17)15-12(11(2)16)14(3,4)5/h6,12H,1,7-10H2,2-5H3,(H,15,17)/t12-/m1/s1. The Bertz CT molecular complexity index is 292. The first kappa shape index (κ1) is 16.7. The van der Waals surface area contributed by atoms with Crippen molar-refractivity contribution >= 4 is 11.9 Å². The van der Waals surface area contributed by atoms with Crippen LogP contribution in [-0.4, -0.2) is 24.5 Å². The van der Waals surface area contributed by atoms with Crippen LogP contribution < -0.4 is 5.32 Å². The maximum Gasteiger partial charge on any atom is 0.407 e. The number of carbonyl (C=O) groups excluding carboxylic acids is 2. The molecule has 104 valence electrons. The average molecular weight is 255 g/mol. The molecule has 1 atom stereocenters. The number of ketones is 1. The van der Waals surface area contributed by atoms with Gasteiger partial charge in [0, 0.05) is 0 Å². The highest BCUT2D eigenvalue weighted by molar-refractivity contribution is 5.86. The first-order valence-electron chi connectivity index (χ1n) is 6.33. The van der Waals surface area contributed by atoms with Gasteiger partial charge in [-0.1, -0.05) is 26.8 Å². The summed E-state index contributed by atoms with van der Waals surface area (Å²) >= 11 is 0. The zero-order valence-corrected chi connectivity index (χ0v) is 11.9. The molecule has 1 N–H and O–H groups in total. The molecule has 18 heavy (non-hydrogen) atoms. The molecule has 0 radical (unpaired) electrons. The molecular weight excluding hydrogens is 230 g/mol. The van der Waals surface area contributed by atoms with Crippen LogP contribution in [0.2, 0.25) is 0 Å². The Morgan fingerprint density at radius 1 is 1.33 bits per heavy atom. The van der Waals surface area contributed by atoms with Crippen LogP contribution in [0.5, 0.6) is 0 Å². The molecule has 0 saturated carbocycles. The SMILES string of the molecule is C=CCCCCOC(=O)N[C@H](C(C)=O)C(C)(C)C. The Morgan fingerprint density at radius 3 is 2.39 bits per heavy atom. The van der Waals surface area contributed by atoms with E-state index in [0.717, 1.165) is 19.3 Å². The molecule has 0 aromatic heterocycles. The van der Waals surface area contributed by atoms with Gasteiger partial charge in [-0.25, -0.2) is 4.79 Å². The van der Waals surface area contributed by atoms with E-state index in [1.54, 1.807) is 0 Å². The molecule has 1 amide bonds. The minimum absolute atomic E-state index is 0.0638. The highest BCUT2D eigenvalue weighted by Crippen LogP contribution is 2.20. The smallest absolute Gasteiger partial charge is 0.407 e. The molecular formula is C14H25NO3. The summed E-state index contributed by atoms with van der Waals surface area (Å²) in [6.45, 7) is 11.2. The first-order chi connectivity index (χ1) is 8.29. The summed E-state index contributed by atoms with van der Waals surface area (Å²) < 4.78 is 5.03. The Labute approximate surface area is 110 Å². The zero-order chi connectivity index (χ0) is 14.2. The highest BCUT2D eigenvalue weighted by atomic mass is 16.5. The molecule has 4 heteroatoms. The van der Waals surface area contributed by atoms with Gasteiger partial charge in [-0.15, -0.1) is 6.58 Å². The van der Waals surface area contributed by atoms with Crippen molar-refractivity contribution < 1.29 is 14.3 Å². The molecule has 0 aromatic rings. The predicted octanol–water partition coefficient (Wildman–Crippen LogP) is 3.07. The number of hydrogen-bond donors (Lipinski definition) is 1. The molecule has 0 rings (SSSR count). The van der Waals surface area contributed by atoms with E-state index in [4.69, 9.17) is 4.74 Å². The molecule has 4 nitrogen and oxygen atoms in total. The van der Waals surface area contributed by atoms with Crippen LogP contribution in [0.15, 0.2) is 12.7 Å². The Kier molecular flexibility index (Phi) is 7.32. The lowest BCUT2D eigenvalue weighted by atomic mass is 9.85. The fourth-order valence-electron chi connectivity index (χ4n) is 1.64. The number of ether oxygens (including phenoxy) is 1. The fraction of sp³-hybridized carbons (Fsp3) is 0.714. The van der Waals surface area contributed by atoms with Crippen molar-refractivity contribution in [3.8, 4) is 0 Å². The van der Waals surface area contributed by atoms with Crippen molar-refractivity contribution in [1.82, 2.24) is 5.32 Å². The minimum Gasteiger partial charge on any atom is -0.450 e. The molecule has 0 unspecified atom stereocenters. The number of nitrogens with one attached hydrogen (secondary N) is 1. The fourth-order valence-corrected chi connectivity index (χ4v) is 1.64. The Hall–Kier alpha value is -1.32. The number of unbranched alkanes of at least 4 members (excludes halogenated alkanes) is 2. The Morgan fingerprint density at radius 2 is 1.94 bits per heavy atom. The largest absolute Gasteiger partial charge is 0.450 e. The van der Waals surface area contributed by atoms with Gasteiger partial charge in [0.25, 0.3) is 0 Å². The van der Waals surface area contributed by atoms with Crippen molar-refractivity contribution in [3.05, 3.63) is 12.7 Å². The quantitative estimate of drug-likeness (QED) is 0.562. The summed E-state index contributed by atoms with van der Waals surface area (Å²) in [7, 11) is 0. The van der Waals surface area contributed by atoms with Crippen LogP contribution in [0.4, 0.5) is 4.79 Å². The van der Waals surface area contributed by atoms with E-state index in [2.05, 4.69) is 11.9 Å². The maximum atomic E-state index is 11.5. The van der Waals surface area contributed by atoms with E-state index in [9.17, 15) is 9.59 Å². The van der Waals surface area contributed by atoms with Crippen molar-refractivity contribution in [2.24, 2.45) is 5.41 Å². The van der Waals surface area contributed by atoms with Crippen LogP contribution >= 0.6 is 0 Å². The number of Topliss-reactive ketones (excluding diaryl/α,β-unsaturated/α-hetero) is 1. The normalized spacial score (nSPS) is 12.7. The molecule has 0 aliphatic heterocycles. The summed E-state index contributed by atoms with van der Waals surface area (Å²) in [5.74, 6) is -0.0638. The van der Waals surface area contributed by atoms with Crippen LogP contribution in [0.25, 0.3) is 0 Å². The van der Waals surface area contributed by atoms with E-state index in [1.165, 1.54) is 6.92 Å². The van der Waals surface area contributed by atoms with Gasteiger partial charge < -0.3 is 10.1 Å². The molecule has 0 aromatic carbocycles. The summed E-state index contributed by atoms with van der Waals surface area (Å²) in [6, 6.07) is -0.516.